The average molecular weight is 276 g/mol. The van der Waals surface area contributed by atoms with Crippen molar-refractivity contribution in [2.75, 3.05) is 11.1 Å². The quantitative estimate of drug-likeness (QED) is 0.902. The molecular formula is C15H21FN4. The molecule has 2 rings (SSSR count). The van der Waals surface area contributed by atoms with Crippen LogP contribution in [0.1, 0.15) is 29.3 Å². The number of nitrogen functional groups attached to an aromatic ring is 1. The molecule has 0 spiro atoms. The molecule has 0 aliphatic heterocycles. The second-order valence-corrected chi connectivity index (χ2v) is 5.08. The maximum absolute atomic E-state index is 13.6. The van der Waals surface area contributed by atoms with Gasteiger partial charge in [0.2, 0.25) is 0 Å². The summed E-state index contributed by atoms with van der Waals surface area (Å²) >= 11 is 0. The Morgan fingerprint density at radius 2 is 1.90 bits per heavy atom. The SMILES string of the molecule is CCc1nn(C)c(NCc2cc(C)c(F)c(C)c2)c1N. The van der Waals surface area contributed by atoms with Gasteiger partial charge in [-0.15, -0.1) is 0 Å². The number of nitrogens with one attached hydrogen (secondary N) is 1. The van der Waals surface area contributed by atoms with Crippen LogP contribution in [0.25, 0.3) is 0 Å². The Bertz CT molecular complexity index is 608. The van der Waals surface area contributed by atoms with Crippen LogP contribution in [0.15, 0.2) is 12.1 Å². The largest absolute Gasteiger partial charge is 0.394 e. The standard InChI is InChI=1S/C15H21FN4/c1-5-12-14(17)15(20(4)19-12)18-8-11-6-9(2)13(16)10(3)7-11/h6-7,18H,5,8,17H2,1-4H3. The Labute approximate surface area is 118 Å². The molecule has 0 fully saturated rings. The van der Waals surface area contributed by atoms with E-state index in [1.807, 2.05) is 26.1 Å². The minimum atomic E-state index is -0.137. The van der Waals surface area contributed by atoms with Crippen LogP contribution >= 0.6 is 0 Å². The predicted octanol–water partition coefficient (Wildman–Crippen LogP) is 2.93. The van der Waals surface area contributed by atoms with E-state index in [0.29, 0.717) is 23.4 Å². The van der Waals surface area contributed by atoms with Crippen LogP contribution < -0.4 is 11.1 Å². The van der Waals surface area contributed by atoms with Gasteiger partial charge in [0.1, 0.15) is 11.6 Å². The fraction of sp³-hybridized carbons (Fsp3) is 0.400. The Balaban J connectivity index is 2.19. The molecular weight excluding hydrogens is 255 g/mol. The fourth-order valence-electron chi connectivity index (χ4n) is 2.39. The molecule has 0 bridgehead atoms. The van der Waals surface area contributed by atoms with Crippen molar-refractivity contribution in [2.45, 2.75) is 33.7 Å². The second kappa shape index (κ2) is 5.53. The molecule has 1 heterocycles. The maximum Gasteiger partial charge on any atom is 0.148 e. The van der Waals surface area contributed by atoms with Crippen molar-refractivity contribution in [3.63, 3.8) is 0 Å². The van der Waals surface area contributed by atoms with Crippen molar-refractivity contribution < 1.29 is 4.39 Å². The van der Waals surface area contributed by atoms with Gasteiger partial charge in [-0.25, -0.2) is 4.39 Å². The molecule has 0 unspecified atom stereocenters. The Morgan fingerprint density at radius 3 is 2.40 bits per heavy atom. The van der Waals surface area contributed by atoms with Gasteiger partial charge in [-0.3, -0.25) is 4.68 Å². The zero-order chi connectivity index (χ0) is 14.9. The zero-order valence-corrected chi connectivity index (χ0v) is 12.4. The lowest BCUT2D eigenvalue weighted by Gasteiger charge is -2.10. The van der Waals surface area contributed by atoms with Crippen molar-refractivity contribution >= 4 is 11.5 Å². The Morgan fingerprint density at radius 1 is 1.30 bits per heavy atom. The lowest BCUT2D eigenvalue weighted by molar-refractivity contribution is 0.608. The highest BCUT2D eigenvalue weighted by molar-refractivity contribution is 5.65. The van der Waals surface area contributed by atoms with E-state index in [1.54, 1.807) is 18.5 Å². The number of aromatic nitrogens is 2. The van der Waals surface area contributed by atoms with E-state index >= 15 is 0 Å². The van der Waals surface area contributed by atoms with E-state index in [9.17, 15) is 4.39 Å². The van der Waals surface area contributed by atoms with Crippen molar-refractivity contribution in [1.29, 1.82) is 0 Å². The highest BCUT2D eigenvalue weighted by Crippen LogP contribution is 2.23. The van der Waals surface area contributed by atoms with Crippen LogP contribution in [0, 0.1) is 19.7 Å². The highest BCUT2D eigenvalue weighted by Gasteiger charge is 2.12. The number of halogens is 1. The minimum absolute atomic E-state index is 0.137. The summed E-state index contributed by atoms with van der Waals surface area (Å²) in [7, 11) is 1.86. The predicted molar refractivity (Wildman–Crippen MR) is 80.2 cm³/mol. The molecule has 1 aromatic heterocycles. The van der Waals surface area contributed by atoms with Gasteiger partial charge in [-0.1, -0.05) is 19.1 Å². The molecule has 108 valence electrons. The third-order valence-electron chi connectivity index (χ3n) is 3.45. The Kier molecular flexibility index (Phi) is 3.97. The van der Waals surface area contributed by atoms with Gasteiger partial charge in [0.15, 0.2) is 0 Å². The number of anilines is 2. The molecule has 0 amide bonds. The average Bonchev–Trinajstić information content (AvgIpc) is 2.68. The minimum Gasteiger partial charge on any atom is -0.394 e. The van der Waals surface area contributed by atoms with Crippen molar-refractivity contribution in [2.24, 2.45) is 7.05 Å². The molecule has 0 saturated heterocycles. The summed E-state index contributed by atoms with van der Waals surface area (Å²) < 4.78 is 15.3. The lowest BCUT2D eigenvalue weighted by atomic mass is 10.1. The number of hydrogen-bond acceptors (Lipinski definition) is 3. The van der Waals surface area contributed by atoms with Crippen LogP contribution in [0.2, 0.25) is 0 Å². The van der Waals surface area contributed by atoms with Crippen LogP contribution in [0.5, 0.6) is 0 Å². The summed E-state index contributed by atoms with van der Waals surface area (Å²) in [5.41, 5.74) is 9.98. The third-order valence-corrected chi connectivity index (χ3v) is 3.45. The first-order valence-electron chi connectivity index (χ1n) is 6.74. The summed E-state index contributed by atoms with van der Waals surface area (Å²) in [6.45, 7) is 6.17. The normalized spacial score (nSPS) is 10.8. The van der Waals surface area contributed by atoms with Gasteiger partial charge in [-0.2, -0.15) is 5.10 Å². The van der Waals surface area contributed by atoms with Crippen molar-refractivity contribution in [1.82, 2.24) is 9.78 Å². The Hall–Kier alpha value is -2.04. The monoisotopic (exact) mass is 276 g/mol. The summed E-state index contributed by atoms with van der Waals surface area (Å²) in [5.74, 6) is 0.670. The van der Waals surface area contributed by atoms with E-state index in [1.165, 1.54) is 0 Å². The number of rotatable bonds is 4. The summed E-state index contributed by atoms with van der Waals surface area (Å²) in [6.07, 6.45) is 0.802. The van der Waals surface area contributed by atoms with E-state index < -0.39 is 0 Å². The molecule has 2 aromatic rings. The molecule has 20 heavy (non-hydrogen) atoms. The van der Waals surface area contributed by atoms with Gasteiger partial charge >= 0.3 is 0 Å². The molecule has 0 atom stereocenters. The number of nitrogens with zero attached hydrogens (tertiary/aromatic N) is 2. The van der Waals surface area contributed by atoms with Gasteiger partial charge in [-0.05, 0) is 37.0 Å². The van der Waals surface area contributed by atoms with Crippen LogP contribution in [0.3, 0.4) is 0 Å². The van der Waals surface area contributed by atoms with E-state index in [0.717, 1.165) is 23.5 Å². The fourth-order valence-corrected chi connectivity index (χ4v) is 2.39. The molecule has 0 saturated carbocycles. The molecule has 0 aliphatic rings. The third kappa shape index (κ3) is 2.61. The van der Waals surface area contributed by atoms with Gasteiger partial charge < -0.3 is 11.1 Å². The van der Waals surface area contributed by atoms with E-state index in [2.05, 4.69) is 10.4 Å². The first-order valence-corrected chi connectivity index (χ1v) is 6.74. The molecule has 3 N–H and O–H groups in total. The number of aryl methyl sites for hydroxylation is 4. The van der Waals surface area contributed by atoms with E-state index in [-0.39, 0.29) is 5.82 Å². The van der Waals surface area contributed by atoms with Gasteiger partial charge in [0.25, 0.3) is 0 Å². The van der Waals surface area contributed by atoms with E-state index in [4.69, 9.17) is 5.73 Å². The summed E-state index contributed by atoms with van der Waals surface area (Å²) in [4.78, 5) is 0. The highest BCUT2D eigenvalue weighted by atomic mass is 19.1. The zero-order valence-electron chi connectivity index (χ0n) is 12.4. The number of hydrogen-bond donors (Lipinski definition) is 2. The van der Waals surface area contributed by atoms with Crippen LogP contribution in [-0.4, -0.2) is 9.78 Å². The van der Waals surface area contributed by atoms with Crippen LogP contribution in [-0.2, 0) is 20.0 Å². The lowest BCUT2D eigenvalue weighted by Crippen LogP contribution is -2.07. The van der Waals surface area contributed by atoms with Crippen LogP contribution in [0.4, 0.5) is 15.9 Å². The summed E-state index contributed by atoms with van der Waals surface area (Å²) in [6, 6.07) is 3.70. The second-order valence-electron chi connectivity index (χ2n) is 5.08. The molecule has 4 nitrogen and oxygen atoms in total. The smallest absolute Gasteiger partial charge is 0.148 e. The number of benzene rings is 1. The molecule has 5 heteroatoms. The first kappa shape index (κ1) is 14.4. The van der Waals surface area contributed by atoms with Gasteiger partial charge in [0, 0.05) is 13.6 Å². The first-order chi connectivity index (χ1) is 9.43. The van der Waals surface area contributed by atoms with Gasteiger partial charge in [0.05, 0.1) is 11.4 Å². The molecule has 0 radical (unpaired) electrons. The maximum atomic E-state index is 13.6. The number of nitrogens with two attached hydrogens (primary N) is 1. The molecule has 0 aliphatic carbocycles. The molecule has 1 aromatic carbocycles. The topological polar surface area (TPSA) is 55.9 Å². The van der Waals surface area contributed by atoms with Crippen molar-refractivity contribution in [3.05, 3.63) is 40.3 Å². The van der Waals surface area contributed by atoms with Crippen molar-refractivity contribution in [3.8, 4) is 0 Å². The summed E-state index contributed by atoms with van der Waals surface area (Å²) in [5, 5.41) is 7.64.